The van der Waals surface area contributed by atoms with Crippen LogP contribution < -0.4 is 6.15 Å². The van der Waals surface area contributed by atoms with Crippen molar-refractivity contribution in [2.75, 3.05) is 36.4 Å². The summed E-state index contributed by atoms with van der Waals surface area (Å²) in [5.41, 5.74) is -6.71. The number of sulfonamides is 2. The molecule has 10 nitrogen and oxygen atoms in total. The quantitative estimate of drug-likeness (QED) is 0.202. The lowest BCUT2D eigenvalue weighted by Gasteiger charge is -2.37. The number of alkyl halides is 8. The van der Waals surface area contributed by atoms with Gasteiger partial charge in [-0.15, -0.1) is 7.77 Å². The molecule has 0 radical (unpaired) electrons. The molecule has 0 saturated carbocycles. The van der Waals surface area contributed by atoms with Crippen LogP contribution in [0.25, 0.3) is 4.13 Å². The fourth-order valence-corrected chi connectivity index (χ4v) is 8.32. The lowest BCUT2D eigenvalue weighted by Crippen LogP contribution is -2.47. The van der Waals surface area contributed by atoms with Crippen molar-refractivity contribution in [1.29, 1.82) is 0 Å². The Hall–Kier alpha value is -0.980. The normalized spacial score (nSPS) is 16.6. The maximum atomic E-state index is 13.8. The Labute approximate surface area is 256 Å². The summed E-state index contributed by atoms with van der Waals surface area (Å²) in [5, 5.41) is 0. The Morgan fingerprint density at radius 1 is 0.705 bits per heavy atom. The van der Waals surface area contributed by atoms with Crippen LogP contribution in [0.2, 0.25) is 0 Å². The van der Waals surface area contributed by atoms with E-state index in [9.17, 15) is 76.6 Å². The Balaban J connectivity index is -0.0000000757. The van der Waals surface area contributed by atoms with Gasteiger partial charge in [0, 0.05) is 12.8 Å². The van der Waals surface area contributed by atoms with Gasteiger partial charge in [0.25, 0.3) is 0 Å². The van der Waals surface area contributed by atoms with Gasteiger partial charge in [0.2, 0.25) is 11.8 Å². The molecule has 0 spiro atoms. The average molecular weight is 763 g/mol. The first-order chi connectivity index (χ1) is 16.8. The zero-order valence-corrected chi connectivity index (χ0v) is 25.0. The summed E-state index contributed by atoms with van der Waals surface area (Å²) >= 11 is 0. The number of quaternary nitrogens is 1. The van der Waals surface area contributed by atoms with Gasteiger partial charge in [-0.25, -0.2) is 43.2 Å². The van der Waals surface area contributed by atoms with Gasteiger partial charge in [0.05, 0.1) is 44.9 Å². The molecule has 44 heavy (non-hydrogen) atoms. The van der Waals surface area contributed by atoms with Crippen molar-refractivity contribution < 1.29 is 76.6 Å². The maximum Gasteiger partial charge on any atom is 0.305 e. The number of halogens is 10. The van der Waals surface area contributed by atoms with Gasteiger partial charge in [-0.3, -0.25) is 8.78 Å². The van der Waals surface area contributed by atoms with Crippen molar-refractivity contribution >= 4 is 40.5 Å². The molecule has 0 aromatic heterocycles. The largest absolute Gasteiger partial charge is 0.436 e. The van der Waals surface area contributed by atoms with Crippen LogP contribution in [0.15, 0.2) is 0 Å². The molecular weight excluding hydrogens is 714 g/mol. The SMILES string of the molecule is C.C.C.C.CC(F)(F)CC(F)(CS(=O)(=O)F)CS(=O)(=O)F.CC(F)(F)CC1(F)CS(=O)(=O)[N-]S(=O)(=O)C1.CCF.CCF.[NH4+]. The lowest BCUT2D eigenvalue weighted by atomic mass is 10.0. The van der Waals surface area contributed by atoms with Crippen molar-refractivity contribution in [3.63, 3.8) is 0 Å². The summed E-state index contributed by atoms with van der Waals surface area (Å²) in [6.07, 6.45) is -3.39. The highest BCUT2D eigenvalue weighted by atomic mass is 32.3. The standard InChI is InChI=1S/C6H9F5O4S2.C6H9F3NO4S2.2C2H5F.4CH4.H3N/c1-5(7,8)2-6(9,3-16(10,12)13)4-17(11,14)15;1-5(7,8)2-6(9)3-15(11,12)10-16(13,14)4-6;2*1-2-3;;;;;/h2-4H2,1H3;2-4H2,1H3;2*2H2,1H3;4*1H4;1H3/q;-1;;;;;;;/p+1. The summed E-state index contributed by atoms with van der Waals surface area (Å²) < 4.78 is 209. The Morgan fingerprint density at radius 3 is 1.14 bits per heavy atom. The molecule has 1 saturated heterocycles. The summed E-state index contributed by atoms with van der Waals surface area (Å²) in [6.45, 7) is 2.97. The molecule has 0 unspecified atom stereocenters. The Morgan fingerprint density at radius 2 is 0.955 bits per heavy atom. The molecule has 0 aromatic rings. The van der Waals surface area contributed by atoms with Gasteiger partial charge in [0.1, 0.15) is 22.8 Å². The highest BCUT2D eigenvalue weighted by molar-refractivity contribution is 8.12. The first-order valence-corrected chi connectivity index (χ1v) is 16.4. The summed E-state index contributed by atoms with van der Waals surface area (Å²) in [7, 11) is -20.2. The first-order valence-electron chi connectivity index (χ1n) is 10.1. The zero-order chi connectivity index (χ0) is 32.4. The smallest absolute Gasteiger partial charge is 0.305 e. The van der Waals surface area contributed by atoms with Crippen molar-refractivity contribution in [2.24, 2.45) is 0 Å². The van der Waals surface area contributed by atoms with E-state index in [4.69, 9.17) is 0 Å². The van der Waals surface area contributed by atoms with E-state index in [-0.39, 0.29) is 56.1 Å². The van der Waals surface area contributed by atoms with Crippen LogP contribution in [-0.2, 0) is 40.5 Å². The van der Waals surface area contributed by atoms with E-state index in [2.05, 4.69) is 4.13 Å². The molecule has 1 fully saturated rings. The number of rotatable bonds is 8. The molecule has 1 rings (SSSR count). The topological polar surface area (TPSA) is 187 Å². The first kappa shape index (κ1) is 61.9. The lowest BCUT2D eigenvalue weighted by molar-refractivity contribution is -0.0299. The molecular formula is C20H48F10N2O8S4. The van der Waals surface area contributed by atoms with Crippen LogP contribution in [0.5, 0.6) is 0 Å². The molecule has 0 amide bonds. The minimum Gasteiger partial charge on any atom is -0.436 e. The van der Waals surface area contributed by atoms with Gasteiger partial charge in [-0.2, -0.15) is 16.8 Å². The molecule has 0 atom stereocenters. The van der Waals surface area contributed by atoms with E-state index in [1.54, 1.807) is 0 Å². The predicted octanol–water partition coefficient (Wildman–Crippen LogP) is 7.00. The van der Waals surface area contributed by atoms with Crippen molar-refractivity contribution in [3.05, 3.63) is 4.13 Å². The second-order valence-corrected chi connectivity index (χ2v) is 14.5. The monoisotopic (exact) mass is 762 g/mol. The fraction of sp³-hybridized carbons (Fsp3) is 1.00. The third-order valence-electron chi connectivity index (χ3n) is 3.23. The van der Waals surface area contributed by atoms with Gasteiger partial charge in [-0.05, 0) is 27.7 Å². The molecule has 4 N–H and O–H groups in total. The molecule has 1 aliphatic heterocycles. The van der Waals surface area contributed by atoms with Crippen LogP contribution in [0.4, 0.5) is 42.9 Å². The second kappa shape index (κ2) is 22.5. The van der Waals surface area contributed by atoms with E-state index >= 15 is 0 Å². The Bertz CT molecular complexity index is 1110. The van der Waals surface area contributed by atoms with E-state index in [1.807, 2.05) is 0 Å². The van der Waals surface area contributed by atoms with Gasteiger partial charge >= 0.3 is 20.4 Å². The summed E-state index contributed by atoms with van der Waals surface area (Å²) in [5.74, 6) is -14.3. The molecule has 1 heterocycles. The van der Waals surface area contributed by atoms with E-state index in [0.717, 1.165) is 0 Å². The van der Waals surface area contributed by atoms with Crippen LogP contribution in [0.3, 0.4) is 0 Å². The predicted molar refractivity (Wildman–Crippen MR) is 155 cm³/mol. The molecule has 1 aliphatic rings. The molecule has 0 aromatic carbocycles. The van der Waals surface area contributed by atoms with Crippen LogP contribution in [0, 0.1) is 0 Å². The molecule has 24 heteroatoms. The minimum atomic E-state index is -5.57. The fourth-order valence-electron chi connectivity index (χ4n) is 2.90. The second-order valence-electron chi connectivity index (χ2n) is 8.22. The third-order valence-corrected chi connectivity index (χ3v) is 8.53. The highest BCUT2D eigenvalue weighted by Crippen LogP contribution is 2.37. The molecule has 280 valence electrons. The summed E-state index contributed by atoms with van der Waals surface area (Å²) in [4.78, 5) is 0. The van der Waals surface area contributed by atoms with Crippen molar-refractivity contribution in [1.82, 2.24) is 6.15 Å². The molecule has 0 bridgehead atoms. The molecule has 0 aliphatic carbocycles. The Kier molecular flexibility index (Phi) is 31.7. The van der Waals surface area contributed by atoms with E-state index < -0.39 is 99.5 Å². The average Bonchev–Trinajstić information content (AvgIpc) is 2.43. The van der Waals surface area contributed by atoms with Crippen molar-refractivity contribution in [2.45, 2.75) is 93.4 Å². The zero-order valence-electron chi connectivity index (χ0n) is 21.8. The number of nitrogens with zero attached hydrogens (tertiary/aromatic N) is 1. The van der Waals surface area contributed by atoms with Crippen molar-refractivity contribution in [3.8, 4) is 0 Å². The van der Waals surface area contributed by atoms with Crippen LogP contribution in [0.1, 0.15) is 70.2 Å². The van der Waals surface area contributed by atoms with Gasteiger partial charge in [-0.1, -0.05) is 29.7 Å². The van der Waals surface area contributed by atoms with E-state index in [0.29, 0.717) is 6.92 Å². The minimum absolute atomic E-state index is 0. The maximum absolute atomic E-state index is 13.8. The van der Waals surface area contributed by atoms with Gasteiger partial charge < -0.3 is 10.3 Å². The van der Waals surface area contributed by atoms with Crippen LogP contribution >= 0.6 is 0 Å². The number of hydrogen-bond donors (Lipinski definition) is 1. The van der Waals surface area contributed by atoms with Crippen LogP contribution in [-0.4, -0.2) is 93.2 Å². The van der Waals surface area contributed by atoms with Gasteiger partial charge in [0.15, 0.2) is 0 Å². The van der Waals surface area contributed by atoms with E-state index in [1.165, 1.54) is 13.8 Å². The summed E-state index contributed by atoms with van der Waals surface area (Å²) in [6, 6.07) is 0. The number of hydrogen-bond acceptors (Lipinski definition) is 8. The third kappa shape index (κ3) is 39.0. The highest BCUT2D eigenvalue weighted by Gasteiger charge is 2.47.